The van der Waals surface area contributed by atoms with Gasteiger partial charge in [-0.1, -0.05) is 12.8 Å². The number of hydrogen-bond donors (Lipinski definition) is 2. The molecular weight excluding hydrogens is 249 g/mol. The molecule has 1 amide bonds. The average molecular weight is 268 g/mol. The summed E-state index contributed by atoms with van der Waals surface area (Å²) in [5.74, 6) is -2.05. The van der Waals surface area contributed by atoms with Gasteiger partial charge in [-0.25, -0.2) is 0 Å². The van der Waals surface area contributed by atoms with Gasteiger partial charge >= 0.3 is 6.18 Å². The summed E-state index contributed by atoms with van der Waals surface area (Å²) in [6.45, 7) is -0.00472. The van der Waals surface area contributed by atoms with Crippen molar-refractivity contribution in [2.24, 2.45) is 11.7 Å². The quantitative estimate of drug-likeness (QED) is 0.805. The maximum atomic E-state index is 12.8. The van der Waals surface area contributed by atoms with Crippen LogP contribution in [0.2, 0.25) is 0 Å². The van der Waals surface area contributed by atoms with Crippen LogP contribution in [-0.2, 0) is 9.53 Å². The van der Waals surface area contributed by atoms with Gasteiger partial charge in [0.05, 0.1) is 12.5 Å². The predicted molar refractivity (Wildman–Crippen MR) is 59.8 cm³/mol. The SMILES string of the molecule is COCC(N)C(=O)NC1CCCCC1C(F)(F)F. The Morgan fingerprint density at radius 1 is 1.44 bits per heavy atom. The summed E-state index contributed by atoms with van der Waals surface area (Å²) in [4.78, 5) is 11.6. The Balaban J connectivity index is 2.60. The molecule has 7 heteroatoms. The Labute approximate surface area is 104 Å². The van der Waals surface area contributed by atoms with Crippen LogP contribution >= 0.6 is 0 Å². The topological polar surface area (TPSA) is 64.3 Å². The molecule has 0 aromatic carbocycles. The molecule has 0 bridgehead atoms. The van der Waals surface area contributed by atoms with Crippen molar-refractivity contribution >= 4 is 5.91 Å². The number of nitrogens with two attached hydrogens (primary N) is 1. The smallest absolute Gasteiger partial charge is 0.383 e. The fourth-order valence-electron chi connectivity index (χ4n) is 2.24. The molecule has 3 atom stereocenters. The van der Waals surface area contributed by atoms with Gasteiger partial charge in [-0.2, -0.15) is 13.2 Å². The number of nitrogens with one attached hydrogen (secondary N) is 1. The molecule has 0 saturated heterocycles. The van der Waals surface area contributed by atoms with E-state index in [1.54, 1.807) is 0 Å². The third-order valence-electron chi connectivity index (χ3n) is 3.20. The number of ether oxygens (including phenoxy) is 1. The second kappa shape index (κ2) is 6.38. The Kier molecular flexibility index (Phi) is 5.40. The number of carbonyl (C=O) groups is 1. The van der Waals surface area contributed by atoms with Gasteiger partial charge in [0.2, 0.25) is 5.91 Å². The summed E-state index contributed by atoms with van der Waals surface area (Å²) >= 11 is 0. The molecular formula is C11H19F3N2O2. The lowest BCUT2D eigenvalue weighted by Crippen LogP contribution is -2.53. The lowest BCUT2D eigenvalue weighted by Gasteiger charge is -2.34. The highest BCUT2D eigenvalue weighted by molar-refractivity contribution is 5.81. The molecule has 3 unspecified atom stereocenters. The first-order chi connectivity index (χ1) is 8.36. The third-order valence-corrected chi connectivity index (χ3v) is 3.20. The average Bonchev–Trinajstić information content (AvgIpc) is 2.28. The first-order valence-corrected chi connectivity index (χ1v) is 5.98. The van der Waals surface area contributed by atoms with Crippen molar-refractivity contribution in [1.29, 1.82) is 0 Å². The highest BCUT2D eigenvalue weighted by Gasteiger charge is 2.46. The van der Waals surface area contributed by atoms with E-state index in [0.717, 1.165) is 0 Å². The fourth-order valence-corrected chi connectivity index (χ4v) is 2.24. The molecule has 1 aliphatic carbocycles. The maximum absolute atomic E-state index is 12.8. The van der Waals surface area contributed by atoms with Gasteiger partial charge < -0.3 is 15.8 Å². The zero-order valence-corrected chi connectivity index (χ0v) is 10.3. The van der Waals surface area contributed by atoms with Crippen molar-refractivity contribution < 1.29 is 22.7 Å². The number of alkyl halides is 3. The van der Waals surface area contributed by atoms with E-state index in [4.69, 9.17) is 10.5 Å². The lowest BCUT2D eigenvalue weighted by molar-refractivity contribution is -0.189. The molecule has 0 aliphatic heterocycles. The molecule has 0 radical (unpaired) electrons. The molecule has 1 saturated carbocycles. The van der Waals surface area contributed by atoms with E-state index >= 15 is 0 Å². The number of methoxy groups -OCH3 is 1. The van der Waals surface area contributed by atoms with E-state index < -0.39 is 30.1 Å². The van der Waals surface area contributed by atoms with Crippen LogP contribution in [0.1, 0.15) is 25.7 Å². The van der Waals surface area contributed by atoms with Crippen molar-refractivity contribution in [1.82, 2.24) is 5.32 Å². The summed E-state index contributed by atoms with van der Waals surface area (Å²) in [7, 11) is 1.38. The summed E-state index contributed by atoms with van der Waals surface area (Å²) in [5, 5.41) is 2.40. The van der Waals surface area contributed by atoms with Gasteiger partial charge in [0, 0.05) is 13.2 Å². The molecule has 1 fully saturated rings. The van der Waals surface area contributed by atoms with Crippen LogP contribution in [0.25, 0.3) is 0 Å². The Morgan fingerprint density at radius 2 is 2.06 bits per heavy atom. The van der Waals surface area contributed by atoms with Crippen LogP contribution in [0.15, 0.2) is 0 Å². The maximum Gasteiger partial charge on any atom is 0.393 e. The number of halogens is 3. The van der Waals surface area contributed by atoms with Crippen molar-refractivity contribution in [3.05, 3.63) is 0 Å². The van der Waals surface area contributed by atoms with Crippen molar-refractivity contribution in [3.8, 4) is 0 Å². The van der Waals surface area contributed by atoms with Gasteiger partial charge in [-0.05, 0) is 12.8 Å². The first kappa shape index (κ1) is 15.2. The van der Waals surface area contributed by atoms with E-state index in [-0.39, 0.29) is 13.0 Å². The van der Waals surface area contributed by atoms with Crippen molar-refractivity contribution in [2.45, 2.75) is 43.9 Å². The van der Waals surface area contributed by atoms with E-state index in [0.29, 0.717) is 19.3 Å². The van der Waals surface area contributed by atoms with Gasteiger partial charge in [0.1, 0.15) is 6.04 Å². The van der Waals surface area contributed by atoms with Crippen molar-refractivity contribution in [3.63, 3.8) is 0 Å². The summed E-state index contributed by atoms with van der Waals surface area (Å²) in [5.41, 5.74) is 5.48. The fraction of sp³-hybridized carbons (Fsp3) is 0.909. The summed E-state index contributed by atoms with van der Waals surface area (Å²) < 4.78 is 43.1. The van der Waals surface area contributed by atoms with E-state index in [1.165, 1.54) is 7.11 Å². The second-order valence-electron chi connectivity index (χ2n) is 4.61. The Bertz CT molecular complexity index is 284. The molecule has 1 aliphatic rings. The number of hydrogen-bond acceptors (Lipinski definition) is 3. The van der Waals surface area contributed by atoms with Crippen molar-refractivity contribution in [2.75, 3.05) is 13.7 Å². The molecule has 0 aromatic rings. The normalized spacial score (nSPS) is 26.7. The van der Waals surface area contributed by atoms with Crippen LogP contribution < -0.4 is 11.1 Å². The van der Waals surface area contributed by atoms with Crippen LogP contribution in [0.4, 0.5) is 13.2 Å². The molecule has 4 nitrogen and oxygen atoms in total. The van der Waals surface area contributed by atoms with Gasteiger partial charge in [0.15, 0.2) is 0 Å². The highest BCUT2D eigenvalue weighted by atomic mass is 19.4. The molecule has 0 spiro atoms. The van der Waals surface area contributed by atoms with Gasteiger partial charge in [-0.15, -0.1) is 0 Å². The molecule has 0 heterocycles. The van der Waals surface area contributed by atoms with Crippen LogP contribution in [0.5, 0.6) is 0 Å². The zero-order valence-electron chi connectivity index (χ0n) is 10.3. The van der Waals surface area contributed by atoms with E-state index in [1.807, 2.05) is 0 Å². The Hall–Kier alpha value is -0.820. The van der Waals surface area contributed by atoms with Crippen LogP contribution in [0, 0.1) is 5.92 Å². The summed E-state index contributed by atoms with van der Waals surface area (Å²) in [6, 6.07) is -1.79. The number of amides is 1. The lowest BCUT2D eigenvalue weighted by atomic mass is 9.84. The first-order valence-electron chi connectivity index (χ1n) is 5.98. The predicted octanol–water partition coefficient (Wildman–Crippen LogP) is 1.20. The number of rotatable bonds is 4. The monoisotopic (exact) mass is 268 g/mol. The van der Waals surface area contributed by atoms with Gasteiger partial charge in [0.25, 0.3) is 0 Å². The minimum Gasteiger partial charge on any atom is -0.383 e. The second-order valence-corrected chi connectivity index (χ2v) is 4.61. The summed E-state index contributed by atoms with van der Waals surface area (Å²) in [6.07, 6.45) is -2.63. The van der Waals surface area contributed by atoms with E-state index in [9.17, 15) is 18.0 Å². The minimum absolute atomic E-state index is 0.00472. The standard InChI is InChI=1S/C11H19F3N2O2/c1-18-6-8(15)10(17)16-9-5-3-2-4-7(9)11(12,13)14/h7-9H,2-6,15H2,1H3,(H,16,17). The molecule has 3 N–H and O–H groups in total. The largest absolute Gasteiger partial charge is 0.393 e. The number of carbonyl (C=O) groups excluding carboxylic acids is 1. The van der Waals surface area contributed by atoms with Crippen LogP contribution in [0.3, 0.4) is 0 Å². The Morgan fingerprint density at radius 3 is 2.61 bits per heavy atom. The minimum atomic E-state index is -4.27. The van der Waals surface area contributed by atoms with E-state index in [2.05, 4.69) is 5.32 Å². The molecule has 18 heavy (non-hydrogen) atoms. The molecule has 106 valence electrons. The van der Waals surface area contributed by atoms with Crippen LogP contribution in [-0.4, -0.2) is 37.9 Å². The van der Waals surface area contributed by atoms with Gasteiger partial charge in [-0.3, -0.25) is 4.79 Å². The molecule has 1 rings (SSSR count). The highest BCUT2D eigenvalue weighted by Crippen LogP contribution is 2.37. The third kappa shape index (κ3) is 4.13. The molecule has 0 aromatic heterocycles. The zero-order chi connectivity index (χ0) is 13.8.